The molecule has 0 saturated carbocycles. The van der Waals surface area contributed by atoms with Gasteiger partial charge in [0.25, 0.3) is 0 Å². The molecule has 1 unspecified atom stereocenters. The third-order valence-electron chi connectivity index (χ3n) is 2.95. The fraction of sp³-hybridized carbons (Fsp3) is 0.429. The predicted molar refractivity (Wildman–Crippen MR) is 75.3 cm³/mol. The second-order valence-electron chi connectivity index (χ2n) is 4.61. The minimum atomic E-state index is -0.306. The molecule has 19 heavy (non-hydrogen) atoms. The lowest BCUT2D eigenvalue weighted by Crippen LogP contribution is -2.29. The molecule has 0 aliphatic heterocycles. The zero-order valence-corrected chi connectivity index (χ0v) is 11.2. The summed E-state index contributed by atoms with van der Waals surface area (Å²) in [6.07, 6.45) is 1.81. The van der Waals surface area contributed by atoms with Crippen molar-refractivity contribution in [3.63, 3.8) is 0 Å². The van der Waals surface area contributed by atoms with Crippen molar-refractivity contribution in [2.24, 2.45) is 5.73 Å². The topological polar surface area (TPSA) is 98.2 Å². The first-order valence-corrected chi connectivity index (χ1v) is 6.42. The number of carbonyl (C=O) groups is 2. The Morgan fingerprint density at radius 3 is 2.68 bits per heavy atom. The van der Waals surface area contributed by atoms with Gasteiger partial charge in [0.1, 0.15) is 0 Å². The molecule has 5 nitrogen and oxygen atoms in total. The van der Waals surface area contributed by atoms with E-state index in [1.807, 2.05) is 19.1 Å². The molecule has 1 rings (SSSR count). The third kappa shape index (κ3) is 5.42. The van der Waals surface area contributed by atoms with Crippen molar-refractivity contribution in [1.82, 2.24) is 5.32 Å². The normalized spacial score (nSPS) is 11.8. The molecular formula is C14H21N3O2. The molecule has 0 aliphatic carbocycles. The van der Waals surface area contributed by atoms with Crippen molar-refractivity contribution in [2.45, 2.75) is 32.1 Å². The largest absolute Gasteiger partial charge is 0.399 e. The van der Waals surface area contributed by atoms with Gasteiger partial charge in [0.15, 0.2) is 0 Å². The number of nitrogen functional groups attached to an aromatic ring is 1. The van der Waals surface area contributed by atoms with Gasteiger partial charge in [-0.15, -0.1) is 0 Å². The van der Waals surface area contributed by atoms with Crippen molar-refractivity contribution in [3.05, 3.63) is 29.8 Å². The van der Waals surface area contributed by atoms with E-state index >= 15 is 0 Å². The number of nitrogens with one attached hydrogen (secondary N) is 1. The van der Waals surface area contributed by atoms with Gasteiger partial charge in [-0.3, -0.25) is 9.59 Å². The van der Waals surface area contributed by atoms with Gasteiger partial charge in [0.05, 0.1) is 5.92 Å². The summed E-state index contributed by atoms with van der Waals surface area (Å²) in [6.45, 7) is 2.40. The van der Waals surface area contributed by atoms with E-state index in [0.29, 0.717) is 25.1 Å². The lowest BCUT2D eigenvalue weighted by atomic mass is 10.00. The fourth-order valence-electron chi connectivity index (χ4n) is 1.77. The Balaban J connectivity index is 2.35. The Morgan fingerprint density at radius 2 is 2.05 bits per heavy atom. The number of unbranched alkanes of at least 4 members (excludes halogenated alkanes) is 1. The molecule has 0 heterocycles. The van der Waals surface area contributed by atoms with E-state index in [4.69, 9.17) is 11.5 Å². The lowest BCUT2D eigenvalue weighted by Gasteiger charge is -2.12. The van der Waals surface area contributed by atoms with E-state index in [1.165, 1.54) is 0 Å². The molecule has 5 N–H and O–H groups in total. The fourth-order valence-corrected chi connectivity index (χ4v) is 1.77. The van der Waals surface area contributed by atoms with Crippen molar-refractivity contribution in [2.75, 3.05) is 12.3 Å². The molecule has 0 radical (unpaired) electrons. The average molecular weight is 263 g/mol. The maximum absolute atomic E-state index is 11.9. The zero-order valence-electron chi connectivity index (χ0n) is 11.2. The molecule has 0 spiro atoms. The Bertz CT molecular complexity index is 446. The van der Waals surface area contributed by atoms with Crippen LogP contribution in [0.25, 0.3) is 0 Å². The minimum absolute atomic E-state index is 0.0373. The Kier molecular flexibility index (Phi) is 5.85. The summed E-state index contributed by atoms with van der Waals surface area (Å²) >= 11 is 0. The number of carbonyl (C=O) groups excluding carboxylic acids is 2. The lowest BCUT2D eigenvalue weighted by molar-refractivity contribution is -0.122. The highest BCUT2D eigenvalue weighted by Crippen LogP contribution is 2.17. The van der Waals surface area contributed by atoms with Crippen LogP contribution in [0.4, 0.5) is 5.69 Å². The smallest absolute Gasteiger partial charge is 0.227 e. The van der Waals surface area contributed by atoms with Gasteiger partial charge in [0, 0.05) is 18.7 Å². The van der Waals surface area contributed by atoms with Gasteiger partial charge in [-0.25, -0.2) is 0 Å². The molecule has 0 bridgehead atoms. The van der Waals surface area contributed by atoms with Gasteiger partial charge in [0.2, 0.25) is 11.8 Å². The monoisotopic (exact) mass is 263 g/mol. The Labute approximate surface area is 113 Å². The highest BCUT2D eigenvalue weighted by Gasteiger charge is 2.14. The van der Waals surface area contributed by atoms with Gasteiger partial charge >= 0.3 is 0 Å². The quantitative estimate of drug-likeness (QED) is 0.508. The first-order chi connectivity index (χ1) is 9.00. The summed E-state index contributed by atoms with van der Waals surface area (Å²) in [5.74, 6) is -0.580. The standard InChI is InChI=1S/C14H21N3O2/c1-10(11-5-4-6-12(15)9-11)14(19)17-8-3-2-7-13(16)18/h4-6,9-10H,2-3,7-8,15H2,1H3,(H2,16,18)(H,17,19). The first-order valence-electron chi connectivity index (χ1n) is 6.42. The summed E-state index contributed by atoms with van der Waals surface area (Å²) in [5, 5.41) is 2.84. The number of benzene rings is 1. The van der Waals surface area contributed by atoms with Crippen LogP contribution in [0.5, 0.6) is 0 Å². The van der Waals surface area contributed by atoms with Crippen LogP contribution in [0.1, 0.15) is 37.7 Å². The maximum atomic E-state index is 11.9. The van der Waals surface area contributed by atoms with Crippen LogP contribution >= 0.6 is 0 Å². The average Bonchev–Trinajstić information content (AvgIpc) is 2.36. The highest BCUT2D eigenvalue weighted by atomic mass is 16.2. The summed E-state index contributed by atoms with van der Waals surface area (Å²) < 4.78 is 0. The molecule has 1 aromatic carbocycles. The van der Waals surface area contributed by atoms with Crippen LogP contribution in [0.2, 0.25) is 0 Å². The first kappa shape index (κ1) is 15.0. The van der Waals surface area contributed by atoms with Gasteiger partial charge in [-0.2, -0.15) is 0 Å². The number of amides is 2. The van der Waals surface area contributed by atoms with Crippen molar-refractivity contribution < 1.29 is 9.59 Å². The van der Waals surface area contributed by atoms with Crippen molar-refractivity contribution in [1.29, 1.82) is 0 Å². The molecule has 0 aliphatic rings. The molecule has 0 aromatic heterocycles. The van der Waals surface area contributed by atoms with Crippen LogP contribution in [0, 0.1) is 0 Å². The van der Waals surface area contributed by atoms with E-state index in [1.54, 1.807) is 12.1 Å². The molecular weight excluding hydrogens is 242 g/mol. The summed E-state index contributed by atoms with van der Waals surface area (Å²) in [5.41, 5.74) is 12.3. The van der Waals surface area contributed by atoms with Gasteiger partial charge in [-0.05, 0) is 37.5 Å². The van der Waals surface area contributed by atoms with E-state index in [9.17, 15) is 9.59 Å². The van der Waals surface area contributed by atoms with E-state index in [-0.39, 0.29) is 17.7 Å². The molecule has 0 fully saturated rings. The van der Waals surface area contributed by atoms with Gasteiger partial charge < -0.3 is 16.8 Å². The predicted octanol–water partition coefficient (Wildman–Crippen LogP) is 1.14. The van der Waals surface area contributed by atoms with Crippen LogP contribution in [-0.2, 0) is 9.59 Å². The molecule has 1 atom stereocenters. The SMILES string of the molecule is CC(C(=O)NCCCCC(N)=O)c1cccc(N)c1. The van der Waals surface area contributed by atoms with Crippen molar-refractivity contribution >= 4 is 17.5 Å². The highest BCUT2D eigenvalue weighted by molar-refractivity contribution is 5.83. The second-order valence-corrected chi connectivity index (χ2v) is 4.61. The third-order valence-corrected chi connectivity index (χ3v) is 2.95. The number of primary amides is 1. The number of hydrogen-bond acceptors (Lipinski definition) is 3. The summed E-state index contributed by atoms with van der Waals surface area (Å²) in [7, 11) is 0. The number of rotatable bonds is 7. The van der Waals surface area contributed by atoms with Crippen LogP contribution in [-0.4, -0.2) is 18.4 Å². The van der Waals surface area contributed by atoms with Crippen molar-refractivity contribution in [3.8, 4) is 0 Å². The van der Waals surface area contributed by atoms with Crippen LogP contribution in [0.15, 0.2) is 24.3 Å². The number of nitrogens with two attached hydrogens (primary N) is 2. The molecule has 2 amide bonds. The number of anilines is 1. The van der Waals surface area contributed by atoms with Crippen LogP contribution < -0.4 is 16.8 Å². The van der Waals surface area contributed by atoms with Gasteiger partial charge in [-0.1, -0.05) is 12.1 Å². The molecule has 104 valence electrons. The summed E-state index contributed by atoms with van der Waals surface area (Å²) in [6, 6.07) is 7.31. The number of hydrogen-bond donors (Lipinski definition) is 3. The molecule has 5 heteroatoms. The van der Waals surface area contributed by atoms with Crippen LogP contribution in [0.3, 0.4) is 0 Å². The van der Waals surface area contributed by atoms with E-state index < -0.39 is 0 Å². The molecule has 1 aromatic rings. The Hall–Kier alpha value is -2.04. The zero-order chi connectivity index (χ0) is 14.3. The van der Waals surface area contributed by atoms with E-state index in [0.717, 1.165) is 12.0 Å². The second kappa shape index (κ2) is 7.41. The Morgan fingerprint density at radius 1 is 1.32 bits per heavy atom. The molecule has 0 saturated heterocycles. The summed E-state index contributed by atoms with van der Waals surface area (Å²) in [4.78, 5) is 22.5. The maximum Gasteiger partial charge on any atom is 0.227 e. The minimum Gasteiger partial charge on any atom is -0.399 e. The van der Waals surface area contributed by atoms with E-state index in [2.05, 4.69) is 5.32 Å².